The number of pyridine rings is 1. The highest BCUT2D eigenvalue weighted by atomic mass is 31.2. The Kier molecular flexibility index (Phi) is 6.67. The second-order valence-corrected chi connectivity index (χ2v) is 5.78. The van der Waals surface area contributed by atoms with Crippen molar-refractivity contribution in [1.82, 2.24) is 0 Å². The second-order valence-electron chi connectivity index (χ2n) is 5.01. The number of carbonyl (C=O) groups excluding carboxylic acids is 1. The molecule has 1 aromatic rings. The summed E-state index contributed by atoms with van der Waals surface area (Å²) in [5.41, 5.74) is 0.480. The van der Waals surface area contributed by atoms with Gasteiger partial charge in [0, 0.05) is 12.5 Å². The molecule has 122 valence electrons. The highest BCUT2D eigenvalue weighted by Crippen LogP contribution is 2.29. The molecule has 0 aliphatic carbocycles. The van der Waals surface area contributed by atoms with Gasteiger partial charge in [0.2, 0.25) is 0 Å². The number of aromatic nitrogens is 1. The predicted molar refractivity (Wildman–Crippen MR) is 77.7 cm³/mol. The van der Waals surface area contributed by atoms with Gasteiger partial charge in [-0.2, -0.15) is 4.57 Å². The van der Waals surface area contributed by atoms with Crippen molar-refractivity contribution >= 4 is 14.6 Å². The van der Waals surface area contributed by atoms with Crippen LogP contribution in [0.3, 0.4) is 0 Å². The smallest absolute Gasteiger partial charge is 0.344 e. The van der Waals surface area contributed by atoms with Crippen LogP contribution in [-0.2, 0) is 14.0 Å². The van der Waals surface area contributed by atoms with Crippen LogP contribution >= 0.6 is 8.60 Å². The molecule has 0 bridgehead atoms. The zero-order valence-electron chi connectivity index (χ0n) is 12.4. The largest absolute Gasteiger partial charge is 0.462 e. The molecule has 7 nitrogen and oxygen atoms in total. The van der Waals surface area contributed by atoms with Crippen molar-refractivity contribution in [2.75, 3.05) is 13.2 Å². The van der Waals surface area contributed by atoms with Gasteiger partial charge in [0.1, 0.15) is 5.56 Å². The average molecular weight is 330 g/mol. The molecule has 2 rings (SSSR count). The summed E-state index contributed by atoms with van der Waals surface area (Å²) in [6.07, 6.45) is 5.46. The molecule has 0 radical (unpaired) electrons. The lowest BCUT2D eigenvalue weighted by Gasteiger charge is -2.11. The molecule has 1 saturated heterocycles. The van der Waals surface area contributed by atoms with Gasteiger partial charge in [-0.1, -0.05) is 6.92 Å². The molecular formula is C14H21NO6P+. The fourth-order valence-electron chi connectivity index (χ4n) is 2.25. The van der Waals surface area contributed by atoms with E-state index < -0.39 is 8.60 Å². The maximum atomic E-state index is 11.9. The third-order valence-electron chi connectivity index (χ3n) is 3.29. The molecule has 22 heavy (non-hydrogen) atoms. The van der Waals surface area contributed by atoms with E-state index in [4.69, 9.17) is 23.8 Å². The third kappa shape index (κ3) is 4.97. The van der Waals surface area contributed by atoms with Crippen LogP contribution < -0.4 is 4.57 Å². The summed E-state index contributed by atoms with van der Waals surface area (Å²) >= 11 is 0. The molecule has 0 aromatic carbocycles. The van der Waals surface area contributed by atoms with Gasteiger partial charge < -0.3 is 23.8 Å². The molecule has 2 heterocycles. The van der Waals surface area contributed by atoms with Crippen molar-refractivity contribution in [3.05, 3.63) is 30.1 Å². The van der Waals surface area contributed by atoms with Gasteiger partial charge in [-0.05, 0) is 18.9 Å². The molecule has 2 N–H and O–H groups in total. The van der Waals surface area contributed by atoms with E-state index in [-0.39, 0.29) is 24.9 Å². The van der Waals surface area contributed by atoms with Crippen molar-refractivity contribution in [2.45, 2.75) is 38.5 Å². The van der Waals surface area contributed by atoms with Crippen LogP contribution in [0.4, 0.5) is 0 Å². The van der Waals surface area contributed by atoms with Gasteiger partial charge >= 0.3 is 14.6 Å². The molecule has 1 aliphatic rings. The molecule has 0 saturated carbocycles. The summed E-state index contributed by atoms with van der Waals surface area (Å²) in [5.74, 6) is -0.347. The van der Waals surface area contributed by atoms with E-state index in [0.717, 1.165) is 19.3 Å². The minimum Gasteiger partial charge on any atom is -0.462 e. The number of nitrogens with zero attached hydrogens (tertiary/aromatic N) is 1. The Labute approximate surface area is 130 Å². The maximum Gasteiger partial charge on any atom is 0.344 e. The number of hydrogen-bond donors (Lipinski definition) is 2. The van der Waals surface area contributed by atoms with Crippen LogP contribution in [0.25, 0.3) is 0 Å². The van der Waals surface area contributed by atoms with Crippen LogP contribution in [0.2, 0.25) is 0 Å². The lowest BCUT2D eigenvalue weighted by atomic mass is 10.2. The Balaban J connectivity index is 1.94. The first-order chi connectivity index (χ1) is 10.6. The van der Waals surface area contributed by atoms with Gasteiger partial charge in [-0.3, -0.25) is 0 Å². The molecule has 1 fully saturated rings. The minimum atomic E-state index is -2.35. The van der Waals surface area contributed by atoms with Crippen molar-refractivity contribution in [1.29, 1.82) is 0 Å². The second kappa shape index (κ2) is 8.50. The number of hydrogen-bond acceptors (Lipinski definition) is 6. The summed E-state index contributed by atoms with van der Waals surface area (Å²) in [5, 5.41) is 0. The summed E-state index contributed by atoms with van der Waals surface area (Å²) < 4.78 is 17.5. The van der Waals surface area contributed by atoms with E-state index in [9.17, 15) is 4.79 Å². The van der Waals surface area contributed by atoms with Gasteiger partial charge in [0.15, 0.2) is 12.4 Å². The van der Waals surface area contributed by atoms with E-state index in [1.54, 1.807) is 18.3 Å². The van der Waals surface area contributed by atoms with Gasteiger partial charge in [0.05, 0.1) is 19.3 Å². The van der Waals surface area contributed by atoms with Crippen LogP contribution in [0.15, 0.2) is 24.5 Å². The summed E-state index contributed by atoms with van der Waals surface area (Å²) in [6, 6.07) is 3.48. The van der Waals surface area contributed by atoms with Crippen molar-refractivity contribution < 1.29 is 33.1 Å². The Bertz CT molecular complexity index is 498. The summed E-state index contributed by atoms with van der Waals surface area (Å²) in [6.45, 7) is 2.49. The van der Waals surface area contributed by atoms with E-state index in [2.05, 4.69) is 0 Å². The van der Waals surface area contributed by atoms with Gasteiger partial charge in [-0.25, -0.2) is 4.79 Å². The molecule has 1 aliphatic heterocycles. The lowest BCUT2D eigenvalue weighted by molar-refractivity contribution is -0.759. The first-order valence-corrected chi connectivity index (χ1v) is 8.41. The van der Waals surface area contributed by atoms with E-state index in [0.29, 0.717) is 12.2 Å². The molecule has 2 unspecified atom stereocenters. The quantitative estimate of drug-likeness (QED) is 0.447. The lowest BCUT2D eigenvalue weighted by Crippen LogP contribution is -2.40. The topological polar surface area (TPSA) is 89.1 Å². The Morgan fingerprint density at radius 3 is 3.05 bits per heavy atom. The maximum absolute atomic E-state index is 11.9. The van der Waals surface area contributed by atoms with Gasteiger partial charge in [-0.15, -0.1) is 0 Å². The average Bonchev–Trinajstić information content (AvgIpc) is 2.99. The normalized spacial score (nSPS) is 21.3. The van der Waals surface area contributed by atoms with E-state index >= 15 is 0 Å². The zero-order chi connectivity index (χ0) is 15.9. The summed E-state index contributed by atoms with van der Waals surface area (Å²) in [4.78, 5) is 29.4. The van der Waals surface area contributed by atoms with Crippen molar-refractivity contribution in [2.24, 2.45) is 0 Å². The standard InChI is InChI=1S/C14H21NO6P/c1-2-8-19-14(16)11-4-3-7-15(9-11)13-6-5-12(21-13)10-20-22(17)18/h3-4,7,9,12-13,17-18H,2,5-6,8,10H2,1H3/q+1. The number of esters is 1. The fraction of sp³-hybridized carbons (Fsp3) is 0.571. The molecular weight excluding hydrogens is 309 g/mol. The highest BCUT2D eigenvalue weighted by molar-refractivity contribution is 7.39. The van der Waals surface area contributed by atoms with Crippen LogP contribution in [0.1, 0.15) is 42.8 Å². The van der Waals surface area contributed by atoms with Crippen molar-refractivity contribution in [3.8, 4) is 0 Å². The number of carbonyl (C=O) groups is 1. The predicted octanol–water partition coefficient (Wildman–Crippen LogP) is 1.45. The number of rotatable bonds is 7. The molecule has 0 spiro atoms. The molecule has 2 atom stereocenters. The van der Waals surface area contributed by atoms with Crippen LogP contribution in [0.5, 0.6) is 0 Å². The number of ether oxygens (including phenoxy) is 2. The van der Waals surface area contributed by atoms with Crippen LogP contribution in [-0.4, -0.2) is 35.1 Å². The Hall–Kier alpha value is -1.11. The minimum absolute atomic E-state index is 0.147. The fourth-order valence-corrected chi connectivity index (χ4v) is 2.55. The van der Waals surface area contributed by atoms with E-state index in [1.807, 2.05) is 17.7 Å². The first kappa shape index (κ1) is 17.2. The zero-order valence-corrected chi connectivity index (χ0v) is 13.3. The molecule has 1 aromatic heterocycles. The monoisotopic (exact) mass is 330 g/mol. The van der Waals surface area contributed by atoms with E-state index in [1.165, 1.54) is 0 Å². The van der Waals surface area contributed by atoms with Gasteiger partial charge in [0.25, 0.3) is 6.23 Å². The first-order valence-electron chi connectivity index (χ1n) is 7.24. The van der Waals surface area contributed by atoms with Crippen molar-refractivity contribution in [3.63, 3.8) is 0 Å². The Morgan fingerprint density at radius 2 is 2.32 bits per heavy atom. The molecule has 8 heteroatoms. The third-order valence-corrected chi connectivity index (χ3v) is 3.67. The molecule has 0 amide bonds. The highest BCUT2D eigenvalue weighted by Gasteiger charge is 2.32. The Morgan fingerprint density at radius 1 is 1.50 bits per heavy atom. The SMILES string of the molecule is CCCOC(=O)c1ccc[n+](C2CCC(COP(O)O)O2)c1. The van der Waals surface area contributed by atoms with Crippen LogP contribution in [0, 0.1) is 0 Å². The summed E-state index contributed by atoms with van der Waals surface area (Å²) in [7, 11) is -2.35.